The van der Waals surface area contributed by atoms with E-state index in [1.165, 1.54) is 177 Å². The van der Waals surface area contributed by atoms with Crippen LogP contribution in [0.15, 0.2) is 485 Å². The predicted octanol–water partition coefficient (Wildman–Crippen LogP) is 38.7. The molecular formula is C135H136. The van der Waals surface area contributed by atoms with Gasteiger partial charge in [0.15, 0.2) is 0 Å². The molecule has 0 bridgehead atoms. The Bertz CT molecular complexity index is 6330. The normalized spacial score (nSPS) is 11.1. The van der Waals surface area contributed by atoms with Crippen molar-refractivity contribution in [2.75, 3.05) is 0 Å². The third-order valence-electron chi connectivity index (χ3n) is 24.1. The fourth-order valence-corrected chi connectivity index (χ4v) is 18.4. The van der Waals surface area contributed by atoms with Crippen LogP contribution in [-0.2, 0) is 31.1 Å². The Balaban J connectivity index is 0.000000148. The highest BCUT2D eigenvalue weighted by Crippen LogP contribution is 2.63. The quantitative estimate of drug-likeness (QED) is 0.144. The van der Waals surface area contributed by atoms with Crippen LogP contribution in [0.25, 0.3) is 110 Å². The van der Waals surface area contributed by atoms with Crippen LogP contribution in [0, 0.1) is 13.8 Å². The van der Waals surface area contributed by atoms with Crippen LogP contribution >= 0.6 is 0 Å². The molecule has 0 unspecified atom stereocenters. The maximum atomic E-state index is 2.43. The Kier molecular flexibility index (Phi) is 39.6. The standard InChI is InChI=1S/C25H16.2C20H14.C14H10.C12H10.C10H8.2C7H8.C6H6.7C2H6/c1-5-13-21-17(9-1)18-10-2-6-14-22(18)25(21)23-15-7-3-11-19(23)20-12-4-8-16-24(20)25;1-3-7-17-13(5-1)9-15-11-20-16(12-19(15)17)10-14-6-2-4-8-18(14)20;1-3-7-15-13(5-1)11-19-17(15)9-10-18-16-8-4-2-6-14(16)12-20(18)19;1-2-6-12-10-14-8-4-3-7-13(14)9-11(12)5-1;1-3-7-11(8-4-1)12-9-5-2-6-10-12;1-2-6-10-8-4-3-7-9(10)5-1;2*1-7-5-3-2-4-6-7;1-2-4-6-5-3-1;7*1-2/h1-16H;1-8,11-12H,9-10H2;1-10H,11-12H2;1-10H;1-10H;1-8H;2*2-6H,1H3;1-6H;7*1-2H3. The second kappa shape index (κ2) is 53.0. The van der Waals surface area contributed by atoms with E-state index in [2.05, 4.69) is 414 Å². The van der Waals surface area contributed by atoms with Crippen LogP contribution in [0.4, 0.5) is 0 Å². The van der Waals surface area contributed by atoms with Gasteiger partial charge in [0.05, 0.1) is 5.41 Å². The smallest absolute Gasteiger partial charge is 0.0683 e. The SMILES string of the molecule is CC.CC.CC.CC.CC.CC.CC.Cc1ccccc1.Cc1ccccc1.c1ccc(-c2ccccc2)cc1.c1ccc2c(c1)-c1ccccc1C21c2ccccc2-c2ccccc21.c1ccc2c(c1)Cc1c-2ccc2c1Cc1ccccc1-2.c1ccc2c(c1)Cc1cc3c(cc1-2)Cc1ccccc1-3.c1ccc2cc3ccccc3cc2c1.c1ccc2ccccc2c1.c1ccccc1. The molecule has 6 aliphatic carbocycles. The Labute approximate surface area is 809 Å². The summed E-state index contributed by atoms with van der Waals surface area (Å²) in [6.45, 7) is 32.2. The lowest BCUT2D eigenvalue weighted by atomic mass is 9.70. The van der Waals surface area contributed by atoms with Gasteiger partial charge in [-0.1, -0.05) is 569 Å². The summed E-state index contributed by atoms with van der Waals surface area (Å²) < 4.78 is 0. The molecule has 0 N–H and O–H groups in total. The molecule has 0 aliphatic heterocycles. The van der Waals surface area contributed by atoms with Crippen LogP contribution in [0.5, 0.6) is 0 Å². The van der Waals surface area contributed by atoms with Gasteiger partial charge in [0, 0.05) is 0 Å². The van der Waals surface area contributed by atoms with Crippen LogP contribution < -0.4 is 0 Å². The Hall–Kier alpha value is -14.8. The average Bonchev–Trinajstić information content (AvgIpc) is 1.51. The van der Waals surface area contributed by atoms with Crippen LogP contribution in [0.3, 0.4) is 0 Å². The minimum absolute atomic E-state index is 0.180. The lowest BCUT2D eigenvalue weighted by Crippen LogP contribution is -2.25. The fraction of sp³-hybridized carbons (Fsp3) is 0.156. The molecule has 135 heavy (non-hydrogen) atoms. The van der Waals surface area contributed by atoms with Gasteiger partial charge in [-0.05, 0) is 241 Å². The minimum atomic E-state index is -0.180. The van der Waals surface area contributed by atoms with Crippen LogP contribution in [0.2, 0.25) is 0 Å². The van der Waals surface area contributed by atoms with Crippen molar-refractivity contribution >= 4 is 32.3 Å². The lowest BCUT2D eigenvalue weighted by Gasteiger charge is -2.30. The molecule has 0 radical (unpaired) electrons. The number of hydrogen-bond acceptors (Lipinski definition) is 0. The van der Waals surface area contributed by atoms with E-state index in [0.29, 0.717) is 0 Å². The third-order valence-corrected chi connectivity index (χ3v) is 24.1. The third kappa shape index (κ3) is 24.2. The first-order chi connectivity index (χ1) is 66.9. The molecule has 0 aromatic heterocycles. The average molecular weight is 1760 g/mol. The number of benzene rings is 20. The zero-order valence-corrected chi connectivity index (χ0v) is 82.5. The Morgan fingerprint density at radius 3 is 0.585 bits per heavy atom. The van der Waals surface area contributed by atoms with Gasteiger partial charge < -0.3 is 0 Å². The van der Waals surface area contributed by atoms with Crippen LogP contribution in [0.1, 0.15) is 175 Å². The summed E-state index contributed by atoms with van der Waals surface area (Å²) in [6.07, 6.45) is 4.37. The van der Waals surface area contributed by atoms with Crippen molar-refractivity contribution in [3.63, 3.8) is 0 Å². The first-order valence-electron chi connectivity index (χ1n) is 49.4. The van der Waals surface area contributed by atoms with E-state index in [1.807, 2.05) is 182 Å². The molecule has 20 aromatic carbocycles. The summed E-state index contributed by atoms with van der Waals surface area (Å²) >= 11 is 0. The van der Waals surface area contributed by atoms with Crippen molar-refractivity contribution in [2.45, 2.75) is 142 Å². The first kappa shape index (κ1) is 101. The van der Waals surface area contributed by atoms with Gasteiger partial charge in [0.2, 0.25) is 0 Å². The number of hydrogen-bond donors (Lipinski definition) is 0. The van der Waals surface area contributed by atoms with E-state index in [0.717, 1.165) is 25.7 Å². The van der Waals surface area contributed by atoms with Gasteiger partial charge in [-0.3, -0.25) is 0 Å². The lowest BCUT2D eigenvalue weighted by molar-refractivity contribution is 0.794. The van der Waals surface area contributed by atoms with Gasteiger partial charge >= 0.3 is 0 Å². The van der Waals surface area contributed by atoms with E-state index in [4.69, 9.17) is 0 Å². The molecule has 676 valence electrons. The van der Waals surface area contributed by atoms with Crippen molar-refractivity contribution in [1.82, 2.24) is 0 Å². The van der Waals surface area contributed by atoms with Crippen molar-refractivity contribution in [3.05, 3.63) is 563 Å². The van der Waals surface area contributed by atoms with Gasteiger partial charge in [0.1, 0.15) is 0 Å². The predicted molar refractivity (Wildman–Crippen MR) is 594 cm³/mol. The molecule has 0 nitrogen and oxygen atoms in total. The van der Waals surface area contributed by atoms with E-state index in [1.54, 1.807) is 11.1 Å². The molecule has 0 saturated heterocycles. The molecule has 6 aliphatic rings. The largest absolute Gasteiger partial charge is 0.0725 e. The highest BCUT2D eigenvalue weighted by molar-refractivity contribution is 5.99. The molecule has 26 rings (SSSR count). The molecule has 0 fully saturated rings. The summed E-state index contributed by atoms with van der Waals surface area (Å²) in [7, 11) is 0. The maximum Gasteiger partial charge on any atom is 0.0725 e. The number of fused-ring (bicyclic) bond motifs is 26. The van der Waals surface area contributed by atoms with E-state index >= 15 is 0 Å². The summed E-state index contributed by atoms with van der Waals surface area (Å²) in [5.41, 5.74) is 39.6. The van der Waals surface area contributed by atoms with Gasteiger partial charge in [-0.25, -0.2) is 0 Å². The molecule has 0 atom stereocenters. The molecule has 1 spiro atoms. The zero-order valence-electron chi connectivity index (χ0n) is 82.5. The summed E-state index contributed by atoms with van der Waals surface area (Å²) in [6, 6.07) is 172. The number of aryl methyl sites for hydroxylation is 2. The van der Waals surface area contributed by atoms with Gasteiger partial charge in [-0.2, -0.15) is 0 Å². The summed E-state index contributed by atoms with van der Waals surface area (Å²) in [4.78, 5) is 0. The van der Waals surface area contributed by atoms with E-state index in [-0.39, 0.29) is 5.41 Å². The maximum absolute atomic E-state index is 2.43. The zero-order chi connectivity index (χ0) is 95.5. The second-order valence-electron chi connectivity index (χ2n) is 31.6. The summed E-state index contributed by atoms with van der Waals surface area (Å²) in [5, 5.41) is 7.87. The van der Waals surface area contributed by atoms with Crippen LogP contribution in [-0.4, -0.2) is 0 Å². The van der Waals surface area contributed by atoms with Gasteiger partial charge in [-0.15, -0.1) is 0 Å². The first-order valence-corrected chi connectivity index (χ1v) is 49.4. The molecule has 0 amide bonds. The van der Waals surface area contributed by atoms with Gasteiger partial charge in [0.25, 0.3) is 0 Å². The summed E-state index contributed by atoms with van der Waals surface area (Å²) in [5.74, 6) is 0. The molecule has 0 heteroatoms. The van der Waals surface area contributed by atoms with Crippen molar-refractivity contribution in [1.29, 1.82) is 0 Å². The molecule has 20 aromatic rings. The van der Waals surface area contributed by atoms with Crippen molar-refractivity contribution < 1.29 is 0 Å². The monoisotopic (exact) mass is 1760 g/mol. The Morgan fingerprint density at radius 1 is 0.141 bits per heavy atom. The Morgan fingerprint density at radius 2 is 0.333 bits per heavy atom. The van der Waals surface area contributed by atoms with Crippen molar-refractivity contribution in [3.8, 4) is 77.9 Å². The molecular weight excluding hydrogens is 1620 g/mol. The molecule has 0 saturated carbocycles. The molecule has 0 heterocycles. The number of rotatable bonds is 1. The highest BCUT2D eigenvalue weighted by Gasteiger charge is 2.51. The minimum Gasteiger partial charge on any atom is -0.0683 e. The van der Waals surface area contributed by atoms with E-state index in [9.17, 15) is 0 Å². The van der Waals surface area contributed by atoms with E-state index < -0.39 is 0 Å². The fourth-order valence-electron chi connectivity index (χ4n) is 18.4. The second-order valence-corrected chi connectivity index (χ2v) is 31.6. The highest BCUT2D eigenvalue weighted by atomic mass is 14.5. The topological polar surface area (TPSA) is 0 Å². The van der Waals surface area contributed by atoms with Crippen molar-refractivity contribution in [2.24, 2.45) is 0 Å².